The van der Waals surface area contributed by atoms with Crippen molar-refractivity contribution in [3.05, 3.63) is 180 Å². The summed E-state index contributed by atoms with van der Waals surface area (Å²) in [5.41, 5.74) is 8.95. The fourth-order valence-corrected chi connectivity index (χ4v) is 9.81. The lowest BCUT2D eigenvalue weighted by Gasteiger charge is -2.33. The summed E-state index contributed by atoms with van der Waals surface area (Å²) >= 11 is 1.84. The van der Waals surface area contributed by atoms with Crippen LogP contribution in [0.5, 0.6) is 0 Å². The molecule has 5 nitrogen and oxygen atoms in total. The first kappa shape index (κ1) is 30.7. The van der Waals surface area contributed by atoms with Crippen LogP contribution in [-0.2, 0) is 0 Å². The third-order valence-electron chi connectivity index (χ3n) is 11.2. The van der Waals surface area contributed by atoms with Gasteiger partial charge in [-0.25, -0.2) is 4.99 Å². The van der Waals surface area contributed by atoms with Gasteiger partial charge in [0.25, 0.3) is 0 Å². The number of hydrogen-bond donors (Lipinski definition) is 2. The normalized spacial score (nSPS) is 16.2. The number of fused-ring (bicyclic) bond motifs is 10. The zero-order chi connectivity index (χ0) is 36.0. The van der Waals surface area contributed by atoms with Crippen LogP contribution >= 0.6 is 11.3 Å². The minimum absolute atomic E-state index is 0.212. The number of benzene rings is 8. The summed E-state index contributed by atoms with van der Waals surface area (Å²) in [7, 11) is 0. The quantitative estimate of drug-likeness (QED) is 0.190. The largest absolute Gasteiger partial charge is 0.456 e. The maximum absolute atomic E-state index is 6.68. The molecule has 0 bridgehead atoms. The van der Waals surface area contributed by atoms with E-state index in [1.165, 1.54) is 36.5 Å². The Kier molecular flexibility index (Phi) is 6.64. The molecule has 2 N–H and O–H groups in total. The summed E-state index contributed by atoms with van der Waals surface area (Å²) in [6.07, 6.45) is -0.570. The third kappa shape index (κ3) is 4.79. The Morgan fingerprint density at radius 2 is 1.16 bits per heavy atom. The van der Waals surface area contributed by atoms with Gasteiger partial charge in [-0.3, -0.25) is 5.32 Å². The van der Waals surface area contributed by atoms with E-state index in [4.69, 9.17) is 13.8 Å². The van der Waals surface area contributed by atoms with Crippen LogP contribution in [0.25, 0.3) is 85.9 Å². The van der Waals surface area contributed by atoms with Crippen LogP contribution < -0.4 is 10.6 Å². The summed E-state index contributed by atoms with van der Waals surface area (Å²) in [5, 5.41) is 17.1. The fraction of sp³-hybridized carbons (Fsp3) is 0.0408. The van der Waals surface area contributed by atoms with Gasteiger partial charge in [-0.05, 0) is 76.0 Å². The molecule has 0 saturated heterocycles. The second-order valence-electron chi connectivity index (χ2n) is 14.3. The Morgan fingerprint density at radius 3 is 2.11 bits per heavy atom. The Labute approximate surface area is 319 Å². The third-order valence-corrected chi connectivity index (χ3v) is 12.3. The maximum Gasteiger partial charge on any atom is 0.136 e. The average Bonchev–Trinajstić information content (AvgIpc) is 3.94. The SMILES string of the molecule is c1ccc2cc(C3=NC(c4cccc5oc6cc(-c7cccc8oc9ccccc9c78)ccc6c45)NC(c4cccc5sc6ccccc6c45)N3)ccc2c1. The monoisotopic (exact) mass is 725 g/mol. The molecule has 4 heterocycles. The van der Waals surface area contributed by atoms with Gasteiger partial charge in [-0.15, -0.1) is 11.3 Å². The molecule has 2 unspecified atom stereocenters. The van der Waals surface area contributed by atoms with Gasteiger partial charge in [-0.1, -0.05) is 115 Å². The molecule has 1 aliphatic rings. The van der Waals surface area contributed by atoms with Crippen LogP contribution in [0.2, 0.25) is 0 Å². The molecular formula is C49H31N3O2S. The molecule has 12 rings (SSSR count). The van der Waals surface area contributed by atoms with Crippen molar-refractivity contribution in [2.75, 3.05) is 0 Å². The van der Waals surface area contributed by atoms with Crippen molar-refractivity contribution in [1.29, 1.82) is 0 Å². The second-order valence-corrected chi connectivity index (χ2v) is 15.4. The Balaban J connectivity index is 1.03. The van der Waals surface area contributed by atoms with Crippen molar-refractivity contribution in [2.45, 2.75) is 12.3 Å². The molecule has 6 heteroatoms. The molecule has 8 aromatic carbocycles. The van der Waals surface area contributed by atoms with Crippen molar-refractivity contribution < 1.29 is 8.83 Å². The van der Waals surface area contributed by atoms with Gasteiger partial charge >= 0.3 is 0 Å². The standard InChI is InChI=1S/C49H31N3O2S/c1-2-11-29-26-31(23-22-28(29)10-1)47-50-48(52-49(51-47)37-16-9-21-43-46(37)35-13-4-6-20-42(35)55-43)36-15-8-19-40-45(36)34-25-24-30(27-41(34)54-40)32-14-7-18-39-44(32)33-12-3-5-17-38(33)53-39/h1-27,48-49,52H,(H,50,51). The van der Waals surface area contributed by atoms with Crippen LogP contribution in [0.4, 0.5) is 0 Å². The zero-order valence-electron chi connectivity index (χ0n) is 29.4. The van der Waals surface area contributed by atoms with E-state index in [9.17, 15) is 0 Å². The highest BCUT2D eigenvalue weighted by Gasteiger charge is 2.29. The predicted octanol–water partition coefficient (Wildman–Crippen LogP) is 13.0. The van der Waals surface area contributed by atoms with E-state index in [1.54, 1.807) is 0 Å². The van der Waals surface area contributed by atoms with Crippen LogP contribution in [0.1, 0.15) is 29.0 Å². The number of para-hydroxylation sites is 1. The molecule has 55 heavy (non-hydrogen) atoms. The Morgan fingerprint density at radius 1 is 0.473 bits per heavy atom. The van der Waals surface area contributed by atoms with Crippen molar-refractivity contribution in [3.8, 4) is 11.1 Å². The highest BCUT2D eigenvalue weighted by Crippen LogP contribution is 2.43. The molecule has 0 aliphatic carbocycles. The van der Waals surface area contributed by atoms with E-state index in [1.807, 2.05) is 29.5 Å². The molecule has 0 fully saturated rings. The minimum atomic E-state index is -0.358. The smallest absolute Gasteiger partial charge is 0.136 e. The molecule has 0 saturated carbocycles. The first-order valence-corrected chi connectivity index (χ1v) is 19.4. The van der Waals surface area contributed by atoms with E-state index in [-0.39, 0.29) is 12.3 Å². The molecule has 0 amide bonds. The zero-order valence-corrected chi connectivity index (χ0v) is 30.2. The van der Waals surface area contributed by atoms with Crippen LogP contribution in [-0.4, -0.2) is 5.84 Å². The van der Waals surface area contributed by atoms with Gasteiger partial charge in [0.15, 0.2) is 0 Å². The number of nitrogens with one attached hydrogen (secondary N) is 2. The van der Waals surface area contributed by atoms with E-state index >= 15 is 0 Å². The summed E-state index contributed by atoms with van der Waals surface area (Å²) < 4.78 is 15.5. The van der Waals surface area contributed by atoms with Crippen molar-refractivity contribution in [3.63, 3.8) is 0 Å². The van der Waals surface area contributed by atoms with Crippen LogP contribution in [0, 0.1) is 0 Å². The molecule has 0 spiro atoms. The number of thiophene rings is 1. The van der Waals surface area contributed by atoms with E-state index in [2.05, 4.69) is 156 Å². The summed E-state index contributed by atoms with van der Waals surface area (Å²) in [5.74, 6) is 0.851. The van der Waals surface area contributed by atoms with E-state index < -0.39 is 0 Å². The molecule has 11 aromatic rings. The Hall–Kier alpha value is -6.73. The first-order chi connectivity index (χ1) is 27.2. The topological polar surface area (TPSA) is 62.7 Å². The van der Waals surface area contributed by atoms with Crippen molar-refractivity contribution >= 4 is 92.0 Å². The molecule has 1 aliphatic heterocycles. The molecule has 260 valence electrons. The molecule has 2 atom stereocenters. The summed E-state index contributed by atoms with van der Waals surface area (Å²) in [6, 6.07) is 57.8. The minimum Gasteiger partial charge on any atom is -0.456 e. The van der Waals surface area contributed by atoms with Gasteiger partial charge < -0.3 is 14.2 Å². The lowest BCUT2D eigenvalue weighted by atomic mass is 9.97. The maximum atomic E-state index is 6.68. The number of furan rings is 2. The second kappa shape index (κ2) is 11.9. The molecular weight excluding hydrogens is 695 g/mol. The summed E-state index contributed by atoms with van der Waals surface area (Å²) in [6.45, 7) is 0. The number of rotatable bonds is 4. The number of amidine groups is 1. The van der Waals surface area contributed by atoms with E-state index in [0.29, 0.717) is 0 Å². The number of nitrogens with zero attached hydrogens (tertiary/aromatic N) is 1. The van der Waals surface area contributed by atoms with Gasteiger partial charge in [0.1, 0.15) is 40.5 Å². The molecule has 0 radical (unpaired) electrons. The van der Waals surface area contributed by atoms with Gasteiger partial charge in [0.2, 0.25) is 0 Å². The fourth-order valence-electron chi connectivity index (χ4n) is 8.67. The van der Waals surface area contributed by atoms with E-state index in [0.717, 1.165) is 72.0 Å². The van der Waals surface area contributed by atoms with Crippen molar-refractivity contribution in [1.82, 2.24) is 10.6 Å². The van der Waals surface area contributed by atoms with Gasteiger partial charge in [-0.2, -0.15) is 0 Å². The first-order valence-electron chi connectivity index (χ1n) is 18.6. The lowest BCUT2D eigenvalue weighted by Crippen LogP contribution is -2.45. The highest BCUT2D eigenvalue weighted by atomic mass is 32.1. The number of hydrogen-bond acceptors (Lipinski definition) is 6. The molecule has 3 aromatic heterocycles. The predicted molar refractivity (Wildman–Crippen MR) is 228 cm³/mol. The lowest BCUT2D eigenvalue weighted by molar-refractivity contribution is 0.413. The van der Waals surface area contributed by atoms with Gasteiger partial charge in [0.05, 0.1) is 0 Å². The highest BCUT2D eigenvalue weighted by molar-refractivity contribution is 7.25. The van der Waals surface area contributed by atoms with Crippen LogP contribution in [0.3, 0.4) is 0 Å². The number of aliphatic imine (C=N–C) groups is 1. The average molecular weight is 726 g/mol. The van der Waals surface area contributed by atoms with Crippen molar-refractivity contribution in [2.24, 2.45) is 4.99 Å². The Bertz CT molecular complexity index is 3370. The van der Waals surface area contributed by atoms with Crippen LogP contribution in [0.15, 0.2) is 178 Å². The summed E-state index contributed by atoms with van der Waals surface area (Å²) in [4.78, 5) is 5.44. The van der Waals surface area contributed by atoms with Gasteiger partial charge in [0, 0.05) is 52.8 Å².